The van der Waals surface area contributed by atoms with Crippen molar-refractivity contribution in [3.8, 4) is 11.3 Å². The number of allylic oxidation sites excluding steroid dienone is 6. The van der Waals surface area contributed by atoms with Crippen molar-refractivity contribution in [2.45, 2.75) is 212 Å². The highest BCUT2D eigenvalue weighted by Crippen LogP contribution is 2.40. The summed E-state index contributed by atoms with van der Waals surface area (Å²) in [5.74, 6) is -8.49. The molecule has 7 aromatic rings. The fourth-order valence-electron chi connectivity index (χ4n) is 18.0. The summed E-state index contributed by atoms with van der Waals surface area (Å²) in [7, 11) is 3.06. The van der Waals surface area contributed by atoms with E-state index in [0.717, 1.165) is 27.2 Å². The number of oxazole rings is 1. The molecule has 698 valence electrons. The van der Waals surface area contributed by atoms with Crippen LogP contribution in [0.1, 0.15) is 158 Å². The van der Waals surface area contributed by atoms with Crippen molar-refractivity contribution in [1.82, 2.24) is 65.1 Å². The zero-order valence-electron chi connectivity index (χ0n) is 75.1. The molecule has 10 heterocycles. The zero-order valence-corrected chi connectivity index (χ0v) is 75.1. The van der Waals surface area contributed by atoms with E-state index >= 15 is 0 Å². The number of aliphatic hydroxyl groups excluding tert-OH is 2. The summed E-state index contributed by atoms with van der Waals surface area (Å²) in [6.45, 7) is 15.3. The number of fused-ring (bicyclic) bond motifs is 6. The van der Waals surface area contributed by atoms with Crippen LogP contribution >= 0.6 is 0 Å². The Balaban J connectivity index is 0.522. The van der Waals surface area contributed by atoms with Gasteiger partial charge in [-0.15, -0.1) is 0 Å². The van der Waals surface area contributed by atoms with Gasteiger partial charge in [0.1, 0.15) is 59.6 Å². The maximum atomic E-state index is 14.7. The zero-order chi connectivity index (χ0) is 92.5. The topological polar surface area (TPSA) is 498 Å². The number of nitrogen functional groups attached to an aromatic ring is 2. The van der Waals surface area contributed by atoms with E-state index in [1.54, 1.807) is 46.3 Å². The van der Waals surface area contributed by atoms with Gasteiger partial charge >= 0.3 is 12.1 Å². The number of nitrogens with one attached hydrogen (secondary N) is 2. The van der Waals surface area contributed by atoms with E-state index in [-0.39, 0.29) is 107 Å². The van der Waals surface area contributed by atoms with Crippen LogP contribution in [-0.4, -0.2) is 264 Å². The van der Waals surface area contributed by atoms with Gasteiger partial charge in [-0.3, -0.25) is 28.8 Å². The van der Waals surface area contributed by atoms with Gasteiger partial charge in [-0.05, 0) is 142 Å². The average molecular weight is 1800 g/mol. The molecule has 13 rings (SSSR count). The quantitative estimate of drug-likeness (QED) is 0.0139. The lowest BCUT2D eigenvalue weighted by atomic mass is 9.80. The van der Waals surface area contributed by atoms with Crippen LogP contribution in [0.5, 0.6) is 0 Å². The van der Waals surface area contributed by atoms with E-state index in [0.29, 0.717) is 160 Å². The number of hydrogen-bond donors (Lipinski definition) is 8. The van der Waals surface area contributed by atoms with Crippen molar-refractivity contribution in [3.05, 3.63) is 143 Å². The highest BCUT2D eigenvalue weighted by Gasteiger charge is 2.53. The van der Waals surface area contributed by atoms with E-state index < -0.39 is 120 Å². The van der Waals surface area contributed by atoms with Gasteiger partial charge in [-0.1, -0.05) is 82.4 Å². The number of rotatable bonds is 23. The molecule has 0 unspecified atom stereocenters. The Bertz CT molecular complexity index is 5270. The summed E-state index contributed by atoms with van der Waals surface area (Å²) in [4.78, 5) is 150. The molecular formula is C93H122N18O19. The number of alkyl carbamates (subject to hydrolysis) is 1. The number of carbonyl (C=O) groups excluding carboxylic acids is 8. The lowest BCUT2D eigenvalue weighted by Crippen LogP contribution is -2.61. The highest BCUT2D eigenvalue weighted by atomic mass is 16.6. The van der Waals surface area contributed by atoms with E-state index in [2.05, 4.69) is 57.7 Å². The number of Topliss-reactive ketones (excluding diaryl/α,β-unsaturated/α-hetero) is 3. The number of anilines is 4. The van der Waals surface area contributed by atoms with Crippen LogP contribution in [0.2, 0.25) is 0 Å². The van der Waals surface area contributed by atoms with Gasteiger partial charge in [0.15, 0.2) is 17.0 Å². The van der Waals surface area contributed by atoms with Crippen molar-refractivity contribution < 1.29 is 91.3 Å². The Morgan fingerprint density at radius 1 is 0.731 bits per heavy atom. The second-order valence-electron chi connectivity index (χ2n) is 35.0. The first-order chi connectivity index (χ1) is 62.5. The molecule has 37 heteroatoms. The fraction of sp³-hybridized carbons (Fsp3) is 0.548. The summed E-state index contributed by atoms with van der Waals surface area (Å²) < 4.78 is 48.9. The number of hydrogen-bond acceptors (Lipinski definition) is 32. The number of nitrogens with zero attached hydrogens (tertiary/aromatic N) is 13. The predicted octanol–water partition coefficient (Wildman–Crippen LogP) is 6.96. The highest BCUT2D eigenvalue weighted by molar-refractivity contribution is 6.39. The third-order valence-corrected chi connectivity index (χ3v) is 25.7. The van der Waals surface area contributed by atoms with Gasteiger partial charge < -0.3 is 100 Å². The average Bonchev–Trinajstić information content (AvgIpc) is 1.17. The van der Waals surface area contributed by atoms with Crippen molar-refractivity contribution in [3.63, 3.8) is 0 Å². The molecule has 1 saturated carbocycles. The lowest BCUT2D eigenvalue weighted by Gasteiger charge is -2.42. The van der Waals surface area contributed by atoms with Crippen LogP contribution in [-0.2, 0) is 88.0 Å². The Morgan fingerprint density at radius 3 is 2.21 bits per heavy atom. The summed E-state index contributed by atoms with van der Waals surface area (Å²) in [5.41, 5.74) is 27.6. The van der Waals surface area contributed by atoms with Gasteiger partial charge in [-0.25, -0.2) is 44.2 Å². The number of carbonyl (C=O) groups is 8. The van der Waals surface area contributed by atoms with Crippen LogP contribution in [0.15, 0.2) is 120 Å². The minimum atomic E-state index is -2.52. The first kappa shape index (κ1) is 96.1. The van der Waals surface area contributed by atoms with Crippen LogP contribution < -0.4 is 37.6 Å². The number of ketones is 3. The Morgan fingerprint density at radius 2 is 1.47 bits per heavy atom. The first-order valence-electron chi connectivity index (χ1n) is 45.0. The number of aromatic nitrogens is 9. The van der Waals surface area contributed by atoms with Gasteiger partial charge in [0.25, 0.3) is 23.6 Å². The van der Waals surface area contributed by atoms with E-state index in [1.807, 2.05) is 81.8 Å². The fourth-order valence-corrected chi connectivity index (χ4v) is 18.0. The van der Waals surface area contributed by atoms with Gasteiger partial charge in [0.05, 0.1) is 68.7 Å². The Hall–Kier alpha value is -11.4. The predicted molar refractivity (Wildman–Crippen MR) is 479 cm³/mol. The third-order valence-electron chi connectivity index (χ3n) is 25.7. The minimum absolute atomic E-state index is 0.00230. The number of ether oxygens (including phenoxy) is 7. The van der Waals surface area contributed by atoms with Gasteiger partial charge in [0.2, 0.25) is 23.6 Å². The van der Waals surface area contributed by atoms with Crippen molar-refractivity contribution in [2.24, 2.45) is 35.3 Å². The first-order valence-corrected chi connectivity index (χ1v) is 45.0. The smallest absolute Gasteiger partial charge is 0.407 e. The number of amides is 4. The van der Waals surface area contributed by atoms with Crippen LogP contribution in [0.3, 0.4) is 0 Å². The molecule has 1 aliphatic carbocycles. The monoisotopic (exact) mass is 1790 g/mol. The minimum Gasteiger partial charge on any atom is -0.459 e. The normalized spacial score (nSPS) is 27.3. The maximum Gasteiger partial charge on any atom is 0.407 e. The molecule has 3 saturated heterocycles. The number of piperidine rings is 1. The number of aliphatic hydroxyl groups is 3. The standard InChI is InChI=1S/C93H122N18O19/c1-54-14-10-9-11-15-55(2)74(123-7)44-67-22-17-59(6)93(122,130-67)83(117)87(119)110-28-13-12-16-70(110)88(120)127-75(45-71(112)56(3)39-58(5)81(115)82(116)80(114)57(4)38-54)68(94)41-60-19-23-73(76(42-60)124-8)129-92(121)102-48-62-46-98-90(99-47-62)107-30-32-108(33-31-107)91-100-49-66(50-101-91)86(118)97-27-35-126-37-36-125-34-26-77(113)109-29-25-63-40-61(18-20-65(63)52-109)51-111-85-78(84(95)103-53-104-85)79(106-111)64-21-24-72-69(43-64)105-89(96)128-72/h9-11,14-15,18,20-21,24,39-40,43,46-47,49-50,53-54,56-57,59-60,67-68,70,73-76,81-82,115-116,122H,12-13,16-17,19,22-23,25-38,41-42,44-45,48,51-52,94H2,1-8H3,(H2,96,105)(H,97,118)(H,102,121)(H2,95,103,104)/b11-9+,14-10+,55-15+,58-39+/t54-,56-,57-,59-,60+,67+,68-,70+,73-,74+,75+,76-,81-,82+,93-/m1/s1. The molecule has 2 aromatic carbocycles. The molecular weight excluding hydrogens is 1670 g/mol. The molecule has 4 amide bonds. The lowest BCUT2D eigenvalue weighted by molar-refractivity contribution is -0.265. The van der Waals surface area contributed by atoms with Crippen LogP contribution in [0.25, 0.3) is 33.4 Å². The van der Waals surface area contributed by atoms with Crippen molar-refractivity contribution in [1.29, 1.82) is 0 Å². The van der Waals surface area contributed by atoms with Crippen molar-refractivity contribution in [2.75, 3.05) is 108 Å². The Labute approximate surface area is 754 Å². The Kier molecular flexibility index (Phi) is 32.9. The summed E-state index contributed by atoms with van der Waals surface area (Å²) in [5, 5.41) is 45.9. The van der Waals surface area contributed by atoms with E-state index in [4.69, 9.17) is 59.9 Å². The van der Waals surface area contributed by atoms with Gasteiger partial charge in [-0.2, -0.15) is 10.1 Å². The molecule has 0 radical (unpaired) electrons. The number of methoxy groups -OCH3 is 2. The van der Waals surface area contributed by atoms with Crippen molar-refractivity contribution >= 4 is 93.0 Å². The molecule has 15 atom stereocenters. The molecule has 130 heavy (non-hydrogen) atoms. The molecule has 0 spiro atoms. The van der Waals surface area contributed by atoms with Crippen LogP contribution in [0.4, 0.5) is 28.5 Å². The number of benzene rings is 2. The second-order valence-corrected chi connectivity index (χ2v) is 35.0. The number of nitrogens with two attached hydrogens (primary N) is 3. The van der Waals surface area contributed by atoms with E-state index in [1.165, 1.54) is 44.4 Å². The van der Waals surface area contributed by atoms with Gasteiger partial charge in [0, 0.05) is 146 Å². The van der Waals surface area contributed by atoms with Crippen LogP contribution in [0, 0.1) is 29.6 Å². The molecule has 6 aliphatic rings. The maximum absolute atomic E-state index is 14.7. The molecule has 2 bridgehead atoms. The molecule has 4 fully saturated rings. The third kappa shape index (κ3) is 24.0. The summed E-state index contributed by atoms with van der Waals surface area (Å²) >= 11 is 0. The number of cyclic esters (lactones) is 1. The summed E-state index contributed by atoms with van der Waals surface area (Å²) in [6.07, 6.45) is 15.0. The SMILES string of the molecule is CO[C@H]1C[C@@H]2CC[C@@H](C)[C@@](O)(O2)C(=O)C(=O)N2CCCC[C@H]2C(=O)O[C@H]([C@H](N)C[C@@H]2CC[C@@H](OC(=O)NCc3cnc(N4CCN(c5ncc(C(=O)NCCOCCOCCC(=O)N6CCc7cc(Cn8nc(-c9ccc%10oc(N)nc%10c9)c9c(N)ncnc98)ccc7C6)cn5)CC4)nc3)[C@H](OC)C2)CC(=O)[C@H](C)/C=C(\C)[C@@H](O)[C@@H](O)C(=O)[C@H](C)C[C@H](C)/C=C/C=C/C=C/1C. The van der Waals surface area contributed by atoms with E-state index in [9.17, 15) is 53.7 Å². The molecule has 5 aliphatic heterocycles. The molecule has 5 aromatic heterocycles. The molecule has 37 nitrogen and oxygen atoms in total. The number of esters is 1. The summed E-state index contributed by atoms with van der Waals surface area (Å²) in [6, 6.07) is 9.56. The molecule has 11 N–H and O–H groups in total. The number of piperazine rings is 1. The second kappa shape index (κ2) is 44.5. The largest absolute Gasteiger partial charge is 0.459 e.